The van der Waals surface area contributed by atoms with E-state index in [1.165, 1.54) is 0 Å². The Morgan fingerprint density at radius 3 is 2.17 bits per heavy atom. The van der Waals surface area contributed by atoms with Crippen LogP contribution in [-0.4, -0.2) is 13.3 Å². The van der Waals surface area contributed by atoms with Crippen molar-refractivity contribution in [2.45, 2.75) is 13.3 Å². The van der Waals surface area contributed by atoms with Crippen molar-refractivity contribution in [2.24, 2.45) is 0 Å². The molecule has 0 bridgehead atoms. The van der Waals surface area contributed by atoms with Gasteiger partial charge in [0, 0.05) is 0 Å². The van der Waals surface area contributed by atoms with E-state index in [4.69, 9.17) is 0 Å². The molecule has 1 heterocycles. The van der Waals surface area contributed by atoms with Gasteiger partial charge in [-0.2, -0.15) is 0 Å². The second-order valence-corrected chi connectivity index (χ2v) is 8.49. The van der Waals surface area contributed by atoms with Crippen LogP contribution in [0.3, 0.4) is 0 Å². The van der Waals surface area contributed by atoms with Crippen LogP contribution in [0.1, 0.15) is 13.3 Å². The predicted molar refractivity (Wildman–Crippen MR) is 38.9 cm³/mol. The third-order valence-corrected chi connectivity index (χ3v) is 7.91. The van der Waals surface area contributed by atoms with Gasteiger partial charge >= 0.3 is 46.4 Å². The van der Waals surface area contributed by atoms with Crippen molar-refractivity contribution in [3.8, 4) is 0 Å². The molecule has 0 atom stereocenters. The van der Waals surface area contributed by atoms with Gasteiger partial charge in [-0.3, -0.25) is 0 Å². The molecule has 0 aliphatic carbocycles. The summed E-state index contributed by atoms with van der Waals surface area (Å²) in [5.41, 5.74) is 0. The Bertz CT molecular complexity index is 36.4. The van der Waals surface area contributed by atoms with Crippen LogP contribution in [0.2, 0.25) is 0 Å². The molecule has 1 fully saturated rings. The summed E-state index contributed by atoms with van der Waals surface area (Å²) >= 11 is -0.120. The normalized spacial score (nSPS) is 26.5. The molecule has 1 aliphatic heterocycles. The van der Waals surface area contributed by atoms with Gasteiger partial charge < -0.3 is 0 Å². The van der Waals surface area contributed by atoms with Gasteiger partial charge in [-0.1, -0.05) is 0 Å². The Balaban J connectivity index is 2.01. The number of hydrogen-bond acceptors (Lipinski definition) is 0. The van der Waals surface area contributed by atoms with Gasteiger partial charge in [-0.15, -0.1) is 0 Å². The third kappa shape index (κ3) is 0.863. The average molecular weight is 198 g/mol. The summed E-state index contributed by atoms with van der Waals surface area (Å²) in [7, 11) is 0. The minimum absolute atomic E-state index is 0.120. The Morgan fingerprint density at radius 1 is 1.50 bits per heavy atom. The van der Waals surface area contributed by atoms with E-state index in [1.807, 2.05) is 0 Å². The van der Waals surface area contributed by atoms with Gasteiger partial charge in [0.1, 0.15) is 0 Å². The molecule has 0 saturated carbocycles. The van der Waals surface area contributed by atoms with Crippen molar-refractivity contribution in [1.82, 2.24) is 0 Å². The van der Waals surface area contributed by atoms with E-state index in [9.17, 15) is 0 Å². The molecule has 0 spiro atoms. The first-order valence-corrected chi connectivity index (χ1v) is 7.09. The van der Waals surface area contributed by atoms with Crippen LogP contribution in [0.4, 0.5) is 0 Å². The average Bonchev–Trinajstić information content (AvgIpc) is 1.31. The first-order chi connectivity index (χ1) is 2.93. The number of hydrogen-bond donors (Lipinski definition) is 0. The zero-order valence-corrected chi connectivity index (χ0v) is 6.36. The summed E-state index contributed by atoms with van der Waals surface area (Å²) in [6.45, 7) is 2.35. The fraction of sp³-hybridized carbons (Fsp3) is 1.00. The maximum atomic E-state index is 2.35. The molecule has 0 radical (unpaired) electrons. The first kappa shape index (κ1) is 4.88. The van der Waals surface area contributed by atoms with E-state index in [0.29, 0.717) is 0 Å². The predicted octanol–water partition coefficient (Wildman–Crippen LogP) is 1.92. The van der Waals surface area contributed by atoms with Crippen molar-refractivity contribution >= 4 is 19.8 Å². The Labute approximate surface area is 46.7 Å². The second kappa shape index (κ2) is 2.15. The molecule has 0 aromatic rings. The molecule has 0 nitrogen and oxygen atoms in total. The topological polar surface area (TPSA) is 0 Å². The molecule has 0 aromatic carbocycles. The van der Waals surface area contributed by atoms with Gasteiger partial charge in [0.05, 0.1) is 0 Å². The second-order valence-electron chi connectivity index (χ2n) is 1.57. The number of rotatable bonds is 1. The van der Waals surface area contributed by atoms with Gasteiger partial charge in [-0.25, -0.2) is 0 Å². The zero-order chi connectivity index (χ0) is 4.41. The van der Waals surface area contributed by atoms with Crippen molar-refractivity contribution in [2.75, 3.05) is 13.3 Å². The molecular weight excluding hydrogens is 187 g/mol. The van der Waals surface area contributed by atoms with Gasteiger partial charge in [0.15, 0.2) is 0 Å². The van der Waals surface area contributed by atoms with Crippen LogP contribution in [0, 0.1) is 0 Å². The molecule has 0 amide bonds. The summed E-state index contributed by atoms with van der Waals surface area (Å²) in [6.07, 6.45) is 1.57. The van der Waals surface area contributed by atoms with E-state index < -0.39 is 0 Å². The van der Waals surface area contributed by atoms with Crippen molar-refractivity contribution in [3.63, 3.8) is 0 Å². The summed E-state index contributed by atoms with van der Waals surface area (Å²) in [5.74, 6) is 0. The van der Waals surface area contributed by atoms with Gasteiger partial charge in [0.25, 0.3) is 0 Å². The van der Waals surface area contributed by atoms with Crippen molar-refractivity contribution in [1.29, 1.82) is 0 Å². The molecule has 0 unspecified atom stereocenters. The molecule has 6 heavy (non-hydrogen) atoms. The molecular formula is C5H11I. The van der Waals surface area contributed by atoms with Crippen molar-refractivity contribution < 1.29 is 0 Å². The van der Waals surface area contributed by atoms with Crippen LogP contribution in [0.15, 0.2) is 0 Å². The molecule has 38 valence electrons. The molecule has 0 N–H and O–H groups in total. The SMILES string of the molecule is CCI1CCC1. The van der Waals surface area contributed by atoms with Gasteiger partial charge in [0.2, 0.25) is 0 Å². The minimum atomic E-state index is -0.120. The van der Waals surface area contributed by atoms with E-state index in [-0.39, 0.29) is 19.8 Å². The monoisotopic (exact) mass is 198 g/mol. The molecule has 0 aromatic heterocycles. The van der Waals surface area contributed by atoms with Crippen LogP contribution in [0.25, 0.3) is 0 Å². The third-order valence-electron chi connectivity index (χ3n) is 1.18. The summed E-state index contributed by atoms with van der Waals surface area (Å²) in [5, 5.41) is 0. The van der Waals surface area contributed by atoms with E-state index in [2.05, 4.69) is 6.92 Å². The van der Waals surface area contributed by atoms with Crippen molar-refractivity contribution in [3.05, 3.63) is 0 Å². The standard InChI is InChI=1S/C5H11I/c1-2-6-4-3-5-6/h2-5H2,1H3. The van der Waals surface area contributed by atoms with Gasteiger partial charge in [-0.05, 0) is 0 Å². The van der Waals surface area contributed by atoms with E-state index in [1.54, 1.807) is 19.7 Å². The summed E-state index contributed by atoms with van der Waals surface area (Å²) in [6, 6.07) is 0. The fourth-order valence-electron chi connectivity index (χ4n) is 0.590. The molecule has 1 saturated heterocycles. The van der Waals surface area contributed by atoms with Crippen LogP contribution >= 0.6 is 19.8 Å². The zero-order valence-electron chi connectivity index (χ0n) is 4.21. The molecule has 1 heteroatoms. The number of halogens is 1. The Kier molecular flexibility index (Phi) is 1.74. The Morgan fingerprint density at radius 2 is 2.17 bits per heavy atom. The Hall–Kier alpha value is 0.730. The number of alkyl halides is 3. The molecule has 1 aliphatic rings. The quantitative estimate of drug-likeness (QED) is 0.446. The summed E-state index contributed by atoms with van der Waals surface area (Å²) < 4.78 is 4.91. The van der Waals surface area contributed by atoms with E-state index >= 15 is 0 Å². The van der Waals surface area contributed by atoms with Crippen LogP contribution in [-0.2, 0) is 0 Å². The van der Waals surface area contributed by atoms with E-state index in [0.717, 1.165) is 0 Å². The van der Waals surface area contributed by atoms with Crippen LogP contribution in [0.5, 0.6) is 0 Å². The maximum absolute atomic E-state index is 2.35. The summed E-state index contributed by atoms with van der Waals surface area (Å²) in [4.78, 5) is 0. The molecule has 1 rings (SSSR count). The van der Waals surface area contributed by atoms with Crippen LogP contribution < -0.4 is 0 Å². The fourth-order valence-corrected chi connectivity index (χ4v) is 3.96. The first-order valence-electron chi connectivity index (χ1n) is 2.51.